The van der Waals surface area contributed by atoms with E-state index in [1.54, 1.807) is 0 Å². The molecule has 0 radical (unpaired) electrons. The van der Waals surface area contributed by atoms with Crippen molar-refractivity contribution >= 4 is 23.3 Å². The molecule has 0 unspecified atom stereocenters. The van der Waals surface area contributed by atoms with Crippen LogP contribution in [0.25, 0.3) is 0 Å². The van der Waals surface area contributed by atoms with Gasteiger partial charge in [0.2, 0.25) is 0 Å². The van der Waals surface area contributed by atoms with Gasteiger partial charge in [0.15, 0.2) is 5.84 Å². The Labute approximate surface area is 129 Å². The molecule has 4 nitrogen and oxygen atoms in total. The SMILES string of the molecule is CN(CCSc1ccccc1)c1cccc(C(N)=NO)c1. The van der Waals surface area contributed by atoms with Crippen LogP contribution >= 0.6 is 11.8 Å². The minimum absolute atomic E-state index is 0.129. The molecule has 0 bridgehead atoms. The van der Waals surface area contributed by atoms with E-state index in [0.29, 0.717) is 0 Å². The van der Waals surface area contributed by atoms with Crippen molar-refractivity contribution < 1.29 is 5.21 Å². The van der Waals surface area contributed by atoms with Crippen molar-refractivity contribution in [1.29, 1.82) is 0 Å². The third-order valence-corrected chi connectivity index (χ3v) is 4.12. The molecule has 110 valence electrons. The summed E-state index contributed by atoms with van der Waals surface area (Å²) >= 11 is 1.83. The predicted molar refractivity (Wildman–Crippen MR) is 89.4 cm³/mol. The van der Waals surface area contributed by atoms with Crippen LogP contribution in [0.2, 0.25) is 0 Å². The van der Waals surface area contributed by atoms with Gasteiger partial charge in [0.1, 0.15) is 0 Å². The summed E-state index contributed by atoms with van der Waals surface area (Å²) in [6.07, 6.45) is 0. The van der Waals surface area contributed by atoms with E-state index in [9.17, 15) is 0 Å². The first kappa shape index (κ1) is 15.3. The lowest BCUT2D eigenvalue weighted by Crippen LogP contribution is -2.21. The van der Waals surface area contributed by atoms with Gasteiger partial charge in [0.05, 0.1) is 0 Å². The fourth-order valence-electron chi connectivity index (χ4n) is 1.91. The monoisotopic (exact) mass is 301 g/mol. The van der Waals surface area contributed by atoms with Gasteiger partial charge in [-0.15, -0.1) is 11.8 Å². The summed E-state index contributed by atoms with van der Waals surface area (Å²) in [5.74, 6) is 1.12. The summed E-state index contributed by atoms with van der Waals surface area (Å²) in [5, 5.41) is 11.8. The molecular formula is C16H19N3OS. The molecule has 0 saturated heterocycles. The second-order valence-corrected chi connectivity index (χ2v) is 5.79. The number of amidine groups is 1. The molecule has 0 aliphatic heterocycles. The minimum atomic E-state index is 0.129. The zero-order valence-electron chi connectivity index (χ0n) is 11.9. The van der Waals surface area contributed by atoms with Crippen LogP contribution < -0.4 is 10.6 Å². The van der Waals surface area contributed by atoms with Crippen LogP contribution in [0.4, 0.5) is 5.69 Å². The highest BCUT2D eigenvalue weighted by atomic mass is 32.2. The van der Waals surface area contributed by atoms with E-state index in [1.165, 1.54) is 4.90 Å². The predicted octanol–water partition coefficient (Wildman–Crippen LogP) is 3.01. The van der Waals surface area contributed by atoms with Gasteiger partial charge < -0.3 is 15.8 Å². The third kappa shape index (κ3) is 4.43. The molecule has 3 N–H and O–H groups in total. The zero-order chi connectivity index (χ0) is 15.1. The van der Waals surface area contributed by atoms with Crippen LogP contribution in [-0.4, -0.2) is 30.4 Å². The summed E-state index contributed by atoms with van der Waals surface area (Å²) in [5.41, 5.74) is 7.39. The molecule has 0 aromatic heterocycles. The number of hydrogen-bond acceptors (Lipinski definition) is 4. The van der Waals surface area contributed by atoms with Crippen LogP contribution in [-0.2, 0) is 0 Å². The van der Waals surface area contributed by atoms with Crippen LogP contribution in [0, 0.1) is 0 Å². The van der Waals surface area contributed by atoms with Crippen LogP contribution in [0.3, 0.4) is 0 Å². The first-order valence-corrected chi connectivity index (χ1v) is 7.66. The van der Waals surface area contributed by atoms with E-state index in [-0.39, 0.29) is 5.84 Å². The van der Waals surface area contributed by atoms with Gasteiger partial charge in [-0.1, -0.05) is 35.5 Å². The van der Waals surface area contributed by atoms with Crippen molar-refractivity contribution in [2.75, 3.05) is 24.2 Å². The highest BCUT2D eigenvalue weighted by Gasteiger charge is 2.05. The molecule has 2 aromatic rings. The lowest BCUT2D eigenvalue weighted by molar-refractivity contribution is 0.318. The van der Waals surface area contributed by atoms with Gasteiger partial charge in [-0.3, -0.25) is 0 Å². The first-order valence-electron chi connectivity index (χ1n) is 6.67. The largest absolute Gasteiger partial charge is 0.409 e. The maximum Gasteiger partial charge on any atom is 0.170 e. The van der Waals surface area contributed by atoms with Gasteiger partial charge in [-0.05, 0) is 24.3 Å². The topological polar surface area (TPSA) is 61.8 Å². The quantitative estimate of drug-likeness (QED) is 0.283. The molecule has 21 heavy (non-hydrogen) atoms. The van der Waals surface area contributed by atoms with E-state index in [1.807, 2.05) is 61.3 Å². The lowest BCUT2D eigenvalue weighted by atomic mass is 10.2. The molecule has 2 rings (SSSR count). The Balaban J connectivity index is 1.93. The molecule has 0 spiro atoms. The summed E-state index contributed by atoms with van der Waals surface area (Å²) in [6, 6.07) is 18.0. The van der Waals surface area contributed by atoms with Gasteiger partial charge in [0.25, 0.3) is 0 Å². The van der Waals surface area contributed by atoms with Crippen molar-refractivity contribution in [3.05, 3.63) is 60.2 Å². The molecule has 0 aliphatic carbocycles. The van der Waals surface area contributed by atoms with Crippen LogP contribution in [0.5, 0.6) is 0 Å². The molecule has 0 fully saturated rings. The Morgan fingerprint density at radius 2 is 1.95 bits per heavy atom. The molecule has 0 aliphatic rings. The number of nitrogens with zero attached hydrogens (tertiary/aromatic N) is 2. The highest BCUT2D eigenvalue weighted by molar-refractivity contribution is 7.99. The van der Waals surface area contributed by atoms with Crippen molar-refractivity contribution in [3.63, 3.8) is 0 Å². The fraction of sp³-hybridized carbons (Fsp3) is 0.188. The number of hydrogen-bond donors (Lipinski definition) is 2. The van der Waals surface area contributed by atoms with Crippen molar-refractivity contribution in [1.82, 2.24) is 0 Å². The number of anilines is 1. The molecule has 0 amide bonds. The van der Waals surface area contributed by atoms with Crippen LogP contribution in [0.1, 0.15) is 5.56 Å². The second-order valence-electron chi connectivity index (χ2n) is 4.62. The maximum absolute atomic E-state index is 8.73. The average Bonchev–Trinajstić information content (AvgIpc) is 2.55. The normalized spacial score (nSPS) is 11.4. The first-order chi connectivity index (χ1) is 10.2. The average molecular weight is 301 g/mol. The van der Waals surface area contributed by atoms with Gasteiger partial charge in [-0.25, -0.2) is 0 Å². The summed E-state index contributed by atoms with van der Waals surface area (Å²) in [7, 11) is 2.04. The second kappa shape index (κ2) is 7.59. The number of benzene rings is 2. The van der Waals surface area contributed by atoms with Crippen LogP contribution in [0.15, 0.2) is 64.6 Å². The molecule has 2 aromatic carbocycles. The van der Waals surface area contributed by atoms with Gasteiger partial charge in [0, 0.05) is 35.5 Å². The number of nitrogens with two attached hydrogens (primary N) is 1. The summed E-state index contributed by atoms with van der Waals surface area (Å²) in [6.45, 7) is 0.916. The molecule has 0 saturated carbocycles. The van der Waals surface area contributed by atoms with Crippen molar-refractivity contribution in [3.8, 4) is 0 Å². The third-order valence-electron chi connectivity index (χ3n) is 3.13. The Hall–Kier alpha value is -2.14. The fourth-order valence-corrected chi connectivity index (χ4v) is 2.86. The summed E-state index contributed by atoms with van der Waals surface area (Å²) in [4.78, 5) is 3.43. The molecule has 0 atom stereocenters. The minimum Gasteiger partial charge on any atom is -0.409 e. The maximum atomic E-state index is 8.73. The van der Waals surface area contributed by atoms with Gasteiger partial charge >= 0.3 is 0 Å². The van der Waals surface area contributed by atoms with E-state index in [4.69, 9.17) is 10.9 Å². The smallest absolute Gasteiger partial charge is 0.170 e. The standard InChI is InChI=1S/C16H19N3OS/c1-19(10-11-21-15-8-3-2-4-9-15)14-7-5-6-13(12-14)16(17)18-20/h2-9,12,20H,10-11H2,1H3,(H2,17,18). The Bertz CT molecular complexity index is 601. The van der Waals surface area contributed by atoms with E-state index in [2.05, 4.69) is 22.2 Å². The van der Waals surface area contributed by atoms with E-state index in [0.717, 1.165) is 23.5 Å². The zero-order valence-corrected chi connectivity index (χ0v) is 12.8. The molecule has 5 heteroatoms. The molecule has 0 heterocycles. The summed E-state index contributed by atoms with van der Waals surface area (Å²) < 4.78 is 0. The van der Waals surface area contributed by atoms with Gasteiger partial charge in [-0.2, -0.15) is 0 Å². The lowest BCUT2D eigenvalue weighted by Gasteiger charge is -2.19. The number of rotatable bonds is 6. The number of thioether (sulfide) groups is 1. The van der Waals surface area contributed by atoms with E-state index < -0.39 is 0 Å². The molecular weight excluding hydrogens is 282 g/mol. The Morgan fingerprint density at radius 1 is 1.19 bits per heavy atom. The van der Waals surface area contributed by atoms with E-state index >= 15 is 0 Å². The Kier molecular flexibility index (Phi) is 5.51. The van der Waals surface area contributed by atoms with Crippen molar-refractivity contribution in [2.24, 2.45) is 10.9 Å². The number of oxime groups is 1. The Morgan fingerprint density at radius 3 is 2.67 bits per heavy atom. The van der Waals surface area contributed by atoms with Crippen molar-refractivity contribution in [2.45, 2.75) is 4.90 Å². The highest BCUT2D eigenvalue weighted by Crippen LogP contribution is 2.19.